The number of carbonyl (C=O) groups is 2. The molecular formula is C38H43N3O4S. The van der Waals surface area contributed by atoms with Gasteiger partial charge in [-0.1, -0.05) is 111 Å². The molecule has 1 aliphatic rings. The largest absolute Gasteiger partial charge is 0.352 e. The van der Waals surface area contributed by atoms with Gasteiger partial charge in [-0.05, 0) is 66.6 Å². The number of amides is 2. The molecule has 0 aromatic heterocycles. The number of benzene rings is 4. The molecule has 1 saturated carbocycles. The van der Waals surface area contributed by atoms with E-state index in [1.54, 1.807) is 47.4 Å². The van der Waals surface area contributed by atoms with Crippen LogP contribution in [-0.2, 0) is 39.0 Å². The fourth-order valence-electron chi connectivity index (χ4n) is 6.18. The number of nitrogens with one attached hydrogen (secondary N) is 1. The molecule has 1 fully saturated rings. The van der Waals surface area contributed by atoms with E-state index in [0.717, 1.165) is 47.9 Å². The van der Waals surface area contributed by atoms with Crippen molar-refractivity contribution >= 4 is 27.5 Å². The van der Waals surface area contributed by atoms with Crippen LogP contribution in [0.3, 0.4) is 0 Å². The number of para-hydroxylation sites is 1. The summed E-state index contributed by atoms with van der Waals surface area (Å²) in [4.78, 5) is 30.6. The standard InChI is InChI=1S/C38H43N3O4S/c1-3-31-19-12-15-25-35(31)41(46(44,45)34-23-8-5-9-24-34)28-37(42)40(27-32-20-11-10-16-29(32)2)36(26-30-17-6-4-7-18-30)38(43)39-33-21-13-14-22-33/h4-12,15-20,23-25,33,36H,3,13-14,21-22,26-28H2,1-2H3,(H,39,43)/t36-/m0/s1. The molecule has 0 saturated heterocycles. The molecule has 0 heterocycles. The third-order valence-electron chi connectivity index (χ3n) is 8.83. The van der Waals surface area contributed by atoms with E-state index in [-0.39, 0.29) is 23.4 Å². The lowest BCUT2D eigenvalue weighted by Gasteiger charge is -2.35. The SMILES string of the molecule is CCc1ccccc1N(CC(=O)N(Cc1ccccc1C)[C@@H](Cc1ccccc1)C(=O)NC1CCCC1)S(=O)(=O)c1ccccc1. The third-order valence-corrected chi connectivity index (χ3v) is 10.6. The van der Waals surface area contributed by atoms with E-state index in [9.17, 15) is 18.0 Å². The summed E-state index contributed by atoms with van der Waals surface area (Å²) < 4.78 is 29.8. The average Bonchev–Trinajstić information content (AvgIpc) is 3.59. The maximum atomic E-state index is 14.7. The lowest BCUT2D eigenvalue weighted by Crippen LogP contribution is -2.54. The monoisotopic (exact) mass is 637 g/mol. The van der Waals surface area contributed by atoms with Crippen LogP contribution >= 0.6 is 0 Å². The number of carbonyl (C=O) groups excluding carboxylic acids is 2. The highest BCUT2D eigenvalue weighted by Crippen LogP contribution is 2.29. The molecule has 4 aromatic rings. The minimum Gasteiger partial charge on any atom is -0.352 e. The average molecular weight is 638 g/mol. The normalized spacial score (nSPS) is 14.0. The van der Waals surface area contributed by atoms with Crippen LogP contribution < -0.4 is 9.62 Å². The molecule has 0 unspecified atom stereocenters. The second kappa shape index (κ2) is 15.2. The van der Waals surface area contributed by atoms with Gasteiger partial charge in [0.15, 0.2) is 0 Å². The highest BCUT2D eigenvalue weighted by atomic mass is 32.2. The van der Waals surface area contributed by atoms with Gasteiger partial charge >= 0.3 is 0 Å². The van der Waals surface area contributed by atoms with Crippen LogP contribution in [0, 0.1) is 6.92 Å². The van der Waals surface area contributed by atoms with Gasteiger partial charge in [-0.25, -0.2) is 8.42 Å². The van der Waals surface area contributed by atoms with Gasteiger partial charge in [-0.2, -0.15) is 0 Å². The van der Waals surface area contributed by atoms with Gasteiger partial charge in [0.05, 0.1) is 10.6 Å². The summed E-state index contributed by atoms with van der Waals surface area (Å²) in [6.45, 7) is 3.64. The van der Waals surface area contributed by atoms with Crippen molar-refractivity contribution < 1.29 is 18.0 Å². The van der Waals surface area contributed by atoms with Crippen molar-refractivity contribution in [2.24, 2.45) is 0 Å². The molecule has 0 bridgehead atoms. The van der Waals surface area contributed by atoms with Gasteiger partial charge in [0, 0.05) is 19.0 Å². The van der Waals surface area contributed by atoms with Gasteiger partial charge in [0.1, 0.15) is 12.6 Å². The van der Waals surface area contributed by atoms with Crippen molar-refractivity contribution in [1.29, 1.82) is 0 Å². The maximum absolute atomic E-state index is 14.7. The number of hydrogen-bond acceptors (Lipinski definition) is 4. The summed E-state index contributed by atoms with van der Waals surface area (Å²) >= 11 is 0. The fraction of sp³-hybridized carbons (Fsp3) is 0.316. The first kappa shape index (κ1) is 32.9. The van der Waals surface area contributed by atoms with Crippen molar-refractivity contribution in [3.8, 4) is 0 Å². The van der Waals surface area contributed by atoms with Crippen LogP contribution in [0.2, 0.25) is 0 Å². The Morgan fingerprint density at radius 2 is 1.39 bits per heavy atom. The number of nitrogens with zero attached hydrogens (tertiary/aromatic N) is 2. The Balaban J connectivity index is 1.59. The van der Waals surface area contributed by atoms with E-state index in [1.165, 1.54) is 4.31 Å². The molecule has 240 valence electrons. The summed E-state index contributed by atoms with van der Waals surface area (Å²) in [5.74, 6) is -0.666. The quantitative estimate of drug-likeness (QED) is 0.183. The van der Waals surface area contributed by atoms with E-state index in [2.05, 4.69) is 5.32 Å². The maximum Gasteiger partial charge on any atom is 0.264 e. The molecule has 7 nitrogen and oxygen atoms in total. The van der Waals surface area contributed by atoms with Crippen LogP contribution in [0.15, 0.2) is 114 Å². The smallest absolute Gasteiger partial charge is 0.264 e. The number of rotatable bonds is 13. The Morgan fingerprint density at radius 1 is 0.804 bits per heavy atom. The molecule has 0 radical (unpaired) electrons. The van der Waals surface area contributed by atoms with E-state index < -0.39 is 28.5 Å². The van der Waals surface area contributed by atoms with Gasteiger partial charge in [-0.3, -0.25) is 13.9 Å². The van der Waals surface area contributed by atoms with Crippen LogP contribution in [0.4, 0.5) is 5.69 Å². The highest BCUT2D eigenvalue weighted by Gasteiger charge is 2.36. The number of sulfonamides is 1. The third kappa shape index (κ3) is 7.85. The van der Waals surface area contributed by atoms with E-state index in [1.807, 2.05) is 80.6 Å². The lowest BCUT2D eigenvalue weighted by atomic mass is 10.0. The molecule has 0 aliphatic heterocycles. The van der Waals surface area contributed by atoms with Crippen LogP contribution in [0.5, 0.6) is 0 Å². The fourth-order valence-corrected chi connectivity index (χ4v) is 7.65. The predicted molar refractivity (Wildman–Crippen MR) is 183 cm³/mol. The second-order valence-electron chi connectivity index (χ2n) is 12.0. The van der Waals surface area contributed by atoms with Crippen molar-refractivity contribution in [2.45, 2.75) is 75.9 Å². The molecule has 1 N–H and O–H groups in total. The first-order valence-corrected chi connectivity index (χ1v) is 17.6. The Morgan fingerprint density at radius 3 is 2.04 bits per heavy atom. The van der Waals surface area contributed by atoms with E-state index in [4.69, 9.17) is 0 Å². The molecule has 8 heteroatoms. The summed E-state index contributed by atoms with van der Waals surface area (Å²) in [6.07, 6.45) is 4.82. The molecule has 5 rings (SSSR count). The number of hydrogen-bond donors (Lipinski definition) is 1. The molecule has 4 aromatic carbocycles. The first-order valence-electron chi connectivity index (χ1n) is 16.1. The van der Waals surface area contributed by atoms with Crippen LogP contribution in [0.1, 0.15) is 54.9 Å². The Kier molecular flexibility index (Phi) is 10.9. The van der Waals surface area contributed by atoms with E-state index in [0.29, 0.717) is 18.5 Å². The zero-order valence-corrected chi connectivity index (χ0v) is 27.5. The molecule has 1 atom stereocenters. The summed E-state index contributed by atoms with van der Waals surface area (Å²) in [5.41, 5.74) is 4.06. The summed E-state index contributed by atoms with van der Waals surface area (Å²) in [6, 6.07) is 32.1. The number of anilines is 1. The minimum atomic E-state index is -4.13. The van der Waals surface area contributed by atoms with Crippen molar-refractivity contribution in [3.05, 3.63) is 131 Å². The van der Waals surface area contributed by atoms with Gasteiger partial charge < -0.3 is 10.2 Å². The van der Waals surface area contributed by atoms with Crippen molar-refractivity contribution in [1.82, 2.24) is 10.2 Å². The Bertz CT molecular complexity index is 1720. The summed E-state index contributed by atoms with van der Waals surface area (Å²) in [5, 5.41) is 3.23. The van der Waals surface area contributed by atoms with Crippen LogP contribution in [-0.4, -0.2) is 43.8 Å². The van der Waals surface area contributed by atoms with Crippen LogP contribution in [0.25, 0.3) is 0 Å². The van der Waals surface area contributed by atoms with Crippen molar-refractivity contribution in [2.75, 3.05) is 10.8 Å². The minimum absolute atomic E-state index is 0.0626. The van der Waals surface area contributed by atoms with Crippen molar-refractivity contribution in [3.63, 3.8) is 0 Å². The van der Waals surface area contributed by atoms with Gasteiger partial charge in [-0.15, -0.1) is 0 Å². The molecular weight excluding hydrogens is 595 g/mol. The molecule has 46 heavy (non-hydrogen) atoms. The lowest BCUT2D eigenvalue weighted by molar-refractivity contribution is -0.140. The Hall–Kier alpha value is -4.43. The first-order chi connectivity index (χ1) is 22.3. The van der Waals surface area contributed by atoms with E-state index >= 15 is 0 Å². The molecule has 0 spiro atoms. The summed E-state index contributed by atoms with van der Waals surface area (Å²) in [7, 11) is -4.13. The zero-order chi connectivity index (χ0) is 32.5. The second-order valence-corrected chi connectivity index (χ2v) is 13.8. The van der Waals surface area contributed by atoms with Gasteiger partial charge in [0.25, 0.3) is 10.0 Å². The Labute approximate surface area is 273 Å². The highest BCUT2D eigenvalue weighted by molar-refractivity contribution is 7.92. The van der Waals surface area contributed by atoms with Gasteiger partial charge in [0.2, 0.25) is 11.8 Å². The molecule has 1 aliphatic carbocycles. The number of aryl methyl sites for hydroxylation is 2. The molecule has 2 amide bonds. The predicted octanol–water partition coefficient (Wildman–Crippen LogP) is 6.45. The topological polar surface area (TPSA) is 86.8 Å². The zero-order valence-electron chi connectivity index (χ0n) is 26.6.